The number of hydrogen-bond donors (Lipinski definition) is 2. The number of rotatable bonds is 3. The fraction of sp³-hybridized carbons (Fsp3) is 0.529. The SMILES string of the molecule is C[C@@H](NC(=O)NC(=O)c1ccccc1)[C@H]1C[C@H]2CC[C@H]1C2. The summed E-state index contributed by atoms with van der Waals surface area (Å²) < 4.78 is 0. The number of hydrogen-bond acceptors (Lipinski definition) is 2. The van der Waals surface area contributed by atoms with Crippen LogP contribution < -0.4 is 10.6 Å². The molecule has 0 radical (unpaired) electrons. The smallest absolute Gasteiger partial charge is 0.321 e. The van der Waals surface area contributed by atoms with Crippen molar-refractivity contribution in [1.82, 2.24) is 10.6 Å². The summed E-state index contributed by atoms with van der Waals surface area (Å²) >= 11 is 0. The first-order valence-corrected chi connectivity index (χ1v) is 7.80. The van der Waals surface area contributed by atoms with E-state index < -0.39 is 0 Å². The molecule has 0 aliphatic heterocycles. The summed E-state index contributed by atoms with van der Waals surface area (Å²) in [6.45, 7) is 2.05. The number of urea groups is 1. The van der Waals surface area contributed by atoms with Gasteiger partial charge in [-0.05, 0) is 56.1 Å². The third-order valence-electron chi connectivity index (χ3n) is 5.06. The Morgan fingerprint density at radius 3 is 2.52 bits per heavy atom. The highest BCUT2D eigenvalue weighted by atomic mass is 16.2. The zero-order valence-corrected chi connectivity index (χ0v) is 12.3. The fourth-order valence-corrected chi connectivity index (χ4v) is 4.02. The van der Waals surface area contributed by atoms with E-state index in [1.807, 2.05) is 6.07 Å². The Kier molecular flexibility index (Phi) is 3.95. The lowest BCUT2D eigenvalue weighted by Crippen LogP contribution is -2.47. The Hall–Kier alpha value is -1.84. The molecule has 0 spiro atoms. The van der Waals surface area contributed by atoms with Crippen LogP contribution in [0.1, 0.15) is 43.0 Å². The highest BCUT2D eigenvalue weighted by Crippen LogP contribution is 2.49. The number of fused-ring (bicyclic) bond motifs is 2. The average Bonchev–Trinajstić information content (AvgIpc) is 3.10. The van der Waals surface area contributed by atoms with Crippen LogP contribution in [-0.2, 0) is 0 Å². The standard InChI is InChI=1S/C17H22N2O2/c1-11(15-10-12-7-8-14(15)9-12)18-17(21)19-16(20)13-5-3-2-4-6-13/h2-6,11-12,14-15H,7-10H2,1H3,(H2,18,19,20,21)/t11-,12+,14+,15-/m1/s1. The van der Waals surface area contributed by atoms with Crippen molar-refractivity contribution >= 4 is 11.9 Å². The molecule has 112 valence electrons. The van der Waals surface area contributed by atoms with E-state index in [4.69, 9.17) is 0 Å². The number of benzene rings is 1. The van der Waals surface area contributed by atoms with Gasteiger partial charge in [-0.25, -0.2) is 4.79 Å². The lowest BCUT2D eigenvalue weighted by Gasteiger charge is -2.28. The maximum atomic E-state index is 12.0. The van der Waals surface area contributed by atoms with Gasteiger partial charge in [0.1, 0.15) is 0 Å². The maximum absolute atomic E-state index is 12.0. The van der Waals surface area contributed by atoms with E-state index in [1.54, 1.807) is 24.3 Å². The van der Waals surface area contributed by atoms with Crippen molar-refractivity contribution in [2.75, 3.05) is 0 Å². The first-order valence-electron chi connectivity index (χ1n) is 7.80. The molecule has 0 unspecified atom stereocenters. The van der Waals surface area contributed by atoms with E-state index in [9.17, 15) is 9.59 Å². The molecule has 4 atom stereocenters. The van der Waals surface area contributed by atoms with Crippen LogP contribution >= 0.6 is 0 Å². The maximum Gasteiger partial charge on any atom is 0.321 e. The molecule has 0 aromatic heterocycles. The molecular formula is C17H22N2O2. The van der Waals surface area contributed by atoms with E-state index >= 15 is 0 Å². The molecule has 2 saturated carbocycles. The minimum absolute atomic E-state index is 0.129. The zero-order valence-electron chi connectivity index (χ0n) is 12.3. The van der Waals surface area contributed by atoms with Crippen molar-refractivity contribution in [3.8, 4) is 0 Å². The Labute approximate surface area is 125 Å². The van der Waals surface area contributed by atoms with Gasteiger partial charge in [0.25, 0.3) is 5.91 Å². The molecule has 1 aromatic carbocycles. The van der Waals surface area contributed by atoms with E-state index in [0.29, 0.717) is 11.5 Å². The number of amides is 3. The minimum atomic E-state index is -0.390. The highest BCUT2D eigenvalue weighted by molar-refractivity contribution is 6.04. The van der Waals surface area contributed by atoms with Crippen LogP contribution in [0.3, 0.4) is 0 Å². The van der Waals surface area contributed by atoms with Crippen LogP contribution in [-0.4, -0.2) is 18.0 Å². The molecule has 2 aliphatic rings. The summed E-state index contributed by atoms with van der Waals surface area (Å²) in [6, 6.07) is 8.54. The topological polar surface area (TPSA) is 58.2 Å². The molecule has 2 N–H and O–H groups in total. The number of nitrogens with one attached hydrogen (secondary N) is 2. The number of carbonyl (C=O) groups is 2. The number of carbonyl (C=O) groups excluding carboxylic acids is 2. The molecular weight excluding hydrogens is 264 g/mol. The first kappa shape index (κ1) is 14.1. The van der Waals surface area contributed by atoms with Crippen molar-refractivity contribution in [2.24, 2.45) is 17.8 Å². The first-order chi connectivity index (χ1) is 10.1. The zero-order chi connectivity index (χ0) is 14.8. The normalized spacial score (nSPS) is 28.1. The van der Waals surface area contributed by atoms with Gasteiger partial charge in [0.05, 0.1) is 0 Å². The van der Waals surface area contributed by atoms with Gasteiger partial charge in [0.15, 0.2) is 0 Å². The second kappa shape index (κ2) is 5.88. The minimum Gasteiger partial charge on any atom is -0.335 e. The molecule has 21 heavy (non-hydrogen) atoms. The molecule has 0 saturated heterocycles. The van der Waals surface area contributed by atoms with Crippen LogP contribution in [0, 0.1) is 17.8 Å². The third kappa shape index (κ3) is 3.09. The quantitative estimate of drug-likeness (QED) is 0.897. The van der Waals surface area contributed by atoms with Gasteiger partial charge in [-0.2, -0.15) is 0 Å². The van der Waals surface area contributed by atoms with E-state index in [-0.39, 0.29) is 18.0 Å². The monoisotopic (exact) mass is 286 g/mol. The lowest BCUT2D eigenvalue weighted by atomic mass is 9.84. The van der Waals surface area contributed by atoms with E-state index in [0.717, 1.165) is 11.8 Å². The summed E-state index contributed by atoms with van der Waals surface area (Å²) in [5, 5.41) is 5.34. The lowest BCUT2D eigenvalue weighted by molar-refractivity contribution is 0.0962. The summed E-state index contributed by atoms with van der Waals surface area (Å²) in [4.78, 5) is 23.9. The van der Waals surface area contributed by atoms with Crippen molar-refractivity contribution in [1.29, 1.82) is 0 Å². The van der Waals surface area contributed by atoms with Gasteiger partial charge in [0, 0.05) is 11.6 Å². The fourth-order valence-electron chi connectivity index (χ4n) is 4.02. The van der Waals surface area contributed by atoms with Crippen molar-refractivity contribution < 1.29 is 9.59 Å². The van der Waals surface area contributed by atoms with Crippen LogP contribution in [0.4, 0.5) is 4.79 Å². The Balaban J connectivity index is 1.51. The highest BCUT2D eigenvalue weighted by Gasteiger charge is 2.42. The van der Waals surface area contributed by atoms with Gasteiger partial charge < -0.3 is 5.32 Å². The van der Waals surface area contributed by atoms with Crippen LogP contribution in [0.5, 0.6) is 0 Å². The largest absolute Gasteiger partial charge is 0.335 e. The molecule has 0 heterocycles. The van der Waals surface area contributed by atoms with Gasteiger partial charge in [-0.3, -0.25) is 10.1 Å². The molecule has 2 fully saturated rings. The van der Waals surface area contributed by atoms with Gasteiger partial charge in [-0.15, -0.1) is 0 Å². The molecule has 3 rings (SSSR count). The molecule has 4 heteroatoms. The van der Waals surface area contributed by atoms with Crippen molar-refractivity contribution in [2.45, 2.75) is 38.6 Å². The average molecular weight is 286 g/mol. The third-order valence-corrected chi connectivity index (χ3v) is 5.06. The Morgan fingerprint density at radius 2 is 1.90 bits per heavy atom. The second-order valence-electron chi connectivity index (χ2n) is 6.42. The van der Waals surface area contributed by atoms with Crippen molar-refractivity contribution in [3.05, 3.63) is 35.9 Å². The van der Waals surface area contributed by atoms with E-state index in [2.05, 4.69) is 17.6 Å². The van der Waals surface area contributed by atoms with Gasteiger partial charge >= 0.3 is 6.03 Å². The second-order valence-corrected chi connectivity index (χ2v) is 6.42. The van der Waals surface area contributed by atoms with Crippen LogP contribution in [0.25, 0.3) is 0 Å². The number of imide groups is 1. The van der Waals surface area contributed by atoms with Crippen LogP contribution in [0.2, 0.25) is 0 Å². The Bertz CT molecular complexity index is 529. The molecule has 3 amide bonds. The summed E-state index contributed by atoms with van der Waals surface area (Å²) in [5.41, 5.74) is 0.500. The predicted octanol–water partition coefficient (Wildman–Crippen LogP) is 2.95. The summed E-state index contributed by atoms with van der Waals surface area (Å²) in [6.07, 6.45) is 5.19. The summed E-state index contributed by atoms with van der Waals surface area (Å²) in [7, 11) is 0. The molecule has 2 bridgehead atoms. The Morgan fingerprint density at radius 1 is 1.14 bits per heavy atom. The van der Waals surface area contributed by atoms with Crippen LogP contribution in [0.15, 0.2) is 30.3 Å². The van der Waals surface area contributed by atoms with Crippen molar-refractivity contribution in [3.63, 3.8) is 0 Å². The van der Waals surface area contributed by atoms with Gasteiger partial charge in [-0.1, -0.05) is 24.6 Å². The predicted molar refractivity (Wildman–Crippen MR) is 80.8 cm³/mol. The molecule has 2 aliphatic carbocycles. The van der Waals surface area contributed by atoms with E-state index in [1.165, 1.54) is 25.7 Å². The van der Waals surface area contributed by atoms with Gasteiger partial charge in [0.2, 0.25) is 0 Å². The summed E-state index contributed by atoms with van der Waals surface area (Å²) in [5.74, 6) is 1.84. The molecule has 4 nitrogen and oxygen atoms in total. The molecule has 1 aromatic rings.